The van der Waals surface area contributed by atoms with Crippen LogP contribution in [0.2, 0.25) is 0 Å². The van der Waals surface area contributed by atoms with Crippen molar-refractivity contribution in [3.63, 3.8) is 0 Å². The van der Waals surface area contributed by atoms with Crippen LogP contribution in [0.15, 0.2) is 48.5 Å². The molecule has 0 aromatic heterocycles. The summed E-state index contributed by atoms with van der Waals surface area (Å²) >= 11 is 0. The van der Waals surface area contributed by atoms with Gasteiger partial charge in [-0.05, 0) is 47.9 Å². The molecule has 0 unspecified atom stereocenters. The first-order chi connectivity index (χ1) is 8.85. The van der Waals surface area contributed by atoms with E-state index in [1.165, 1.54) is 16.7 Å². The number of rotatable bonds is 5. The molecule has 0 spiro atoms. The molecule has 0 saturated heterocycles. The molecular formula is C18H22. The van der Waals surface area contributed by atoms with Gasteiger partial charge in [-0.15, -0.1) is 0 Å². The quantitative estimate of drug-likeness (QED) is 0.714. The minimum Gasteiger partial charge on any atom is -0.0622 e. The van der Waals surface area contributed by atoms with E-state index in [0.29, 0.717) is 0 Å². The molecule has 18 heavy (non-hydrogen) atoms. The monoisotopic (exact) mass is 238 g/mol. The molecule has 0 saturated carbocycles. The van der Waals surface area contributed by atoms with E-state index in [9.17, 15) is 0 Å². The lowest BCUT2D eigenvalue weighted by molar-refractivity contribution is 0.902. The Labute approximate surface area is 111 Å². The molecule has 2 rings (SSSR count). The fourth-order valence-electron chi connectivity index (χ4n) is 2.59. The Hall–Kier alpha value is -1.56. The molecule has 0 amide bonds. The molecule has 0 fully saturated rings. The standard InChI is InChI=1S/C18H22/c1-3-16-11-8-12-17(4-2)18(16)14-13-15-9-6-5-7-10-15/h5-12H,3-4,13-14H2,1-2H3. The van der Waals surface area contributed by atoms with Crippen LogP contribution < -0.4 is 0 Å². The molecule has 0 heteroatoms. The Bertz CT molecular complexity index is 460. The van der Waals surface area contributed by atoms with Crippen molar-refractivity contribution in [1.29, 1.82) is 0 Å². The Morgan fingerprint density at radius 3 is 1.83 bits per heavy atom. The van der Waals surface area contributed by atoms with Crippen LogP contribution in [0.5, 0.6) is 0 Å². The molecule has 0 nitrogen and oxygen atoms in total. The molecule has 2 aromatic rings. The first-order valence-electron chi connectivity index (χ1n) is 6.98. The van der Waals surface area contributed by atoms with Gasteiger partial charge in [-0.3, -0.25) is 0 Å². The first kappa shape index (κ1) is 12.9. The number of benzene rings is 2. The van der Waals surface area contributed by atoms with Gasteiger partial charge in [-0.2, -0.15) is 0 Å². The van der Waals surface area contributed by atoms with E-state index in [0.717, 1.165) is 25.7 Å². The highest BCUT2D eigenvalue weighted by atomic mass is 14.1. The predicted molar refractivity (Wildman–Crippen MR) is 79.0 cm³/mol. The normalized spacial score (nSPS) is 10.6. The van der Waals surface area contributed by atoms with Gasteiger partial charge in [0.15, 0.2) is 0 Å². The Kier molecular flexibility index (Phi) is 4.58. The zero-order valence-electron chi connectivity index (χ0n) is 11.4. The van der Waals surface area contributed by atoms with Crippen LogP contribution in [0.3, 0.4) is 0 Å². The van der Waals surface area contributed by atoms with Crippen molar-refractivity contribution in [1.82, 2.24) is 0 Å². The van der Waals surface area contributed by atoms with Crippen LogP contribution in [0.4, 0.5) is 0 Å². The lowest BCUT2D eigenvalue weighted by atomic mass is 9.93. The fourth-order valence-corrected chi connectivity index (χ4v) is 2.59. The molecule has 0 aliphatic carbocycles. The van der Waals surface area contributed by atoms with Crippen LogP contribution in [-0.2, 0) is 25.7 Å². The SMILES string of the molecule is CCc1cccc(CC)c1CCc1ccccc1. The van der Waals surface area contributed by atoms with E-state index in [1.54, 1.807) is 5.56 Å². The molecular weight excluding hydrogens is 216 g/mol. The fraction of sp³-hybridized carbons (Fsp3) is 0.333. The second kappa shape index (κ2) is 6.39. The lowest BCUT2D eigenvalue weighted by Crippen LogP contribution is -2.01. The number of hydrogen-bond donors (Lipinski definition) is 0. The van der Waals surface area contributed by atoms with Crippen molar-refractivity contribution in [2.24, 2.45) is 0 Å². The highest BCUT2D eigenvalue weighted by Crippen LogP contribution is 2.19. The minimum atomic E-state index is 1.14. The second-order valence-electron chi connectivity index (χ2n) is 4.75. The number of aryl methyl sites for hydroxylation is 3. The zero-order chi connectivity index (χ0) is 12.8. The summed E-state index contributed by atoms with van der Waals surface area (Å²) in [5.74, 6) is 0. The second-order valence-corrected chi connectivity index (χ2v) is 4.75. The third kappa shape index (κ3) is 3.01. The lowest BCUT2D eigenvalue weighted by Gasteiger charge is -2.13. The van der Waals surface area contributed by atoms with Crippen molar-refractivity contribution in [3.05, 3.63) is 70.8 Å². The summed E-state index contributed by atoms with van der Waals surface area (Å²) < 4.78 is 0. The summed E-state index contributed by atoms with van der Waals surface area (Å²) in [5.41, 5.74) is 6.05. The van der Waals surface area contributed by atoms with Gasteiger partial charge in [0, 0.05) is 0 Å². The van der Waals surface area contributed by atoms with Gasteiger partial charge in [0.05, 0.1) is 0 Å². The molecule has 0 atom stereocenters. The van der Waals surface area contributed by atoms with E-state index in [1.807, 2.05) is 0 Å². The van der Waals surface area contributed by atoms with E-state index in [2.05, 4.69) is 62.4 Å². The highest BCUT2D eigenvalue weighted by Gasteiger charge is 2.06. The third-order valence-electron chi connectivity index (χ3n) is 3.64. The zero-order valence-corrected chi connectivity index (χ0v) is 11.4. The van der Waals surface area contributed by atoms with Crippen LogP contribution >= 0.6 is 0 Å². The Morgan fingerprint density at radius 2 is 1.28 bits per heavy atom. The summed E-state index contributed by atoms with van der Waals surface area (Å²) in [6, 6.07) is 17.5. The van der Waals surface area contributed by atoms with Crippen molar-refractivity contribution < 1.29 is 0 Å². The van der Waals surface area contributed by atoms with Crippen molar-refractivity contribution in [3.8, 4) is 0 Å². The van der Waals surface area contributed by atoms with Crippen LogP contribution in [0, 0.1) is 0 Å². The van der Waals surface area contributed by atoms with Gasteiger partial charge in [-0.1, -0.05) is 62.4 Å². The van der Waals surface area contributed by atoms with Gasteiger partial charge >= 0.3 is 0 Å². The molecule has 2 aromatic carbocycles. The van der Waals surface area contributed by atoms with E-state index in [-0.39, 0.29) is 0 Å². The van der Waals surface area contributed by atoms with Crippen molar-refractivity contribution >= 4 is 0 Å². The van der Waals surface area contributed by atoms with Gasteiger partial charge in [0.25, 0.3) is 0 Å². The minimum absolute atomic E-state index is 1.14. The maximum Gasteiger partial charge on any atom is -0.0233 e. The summed E-state index contributed by atoms with van der Waals surface area (Å²) in [7, 11) is 0. The average molecular weight is 238 g/mol. The predicted octanol–water partition coefficient (Wildman–Crippen LogP) is 4.60. The van der Waals surface area contributed by atoms with Crippen LogP contribution in [-0.4, -0.2) is 0 Å². The topological polar surface area (TPSA) is 0 Å². The molecule has 0 N–H and O–H groups in total. The maximum absolute atomic E-state index is 2.28. The van der Waals surface area contributed by atoms with E-state index in [4.69, 9.17) is 0 Å². The van der Waals surface area contributed by atoms with Gasteiger partial charge in [0.2, 0.25) is 0 Å². The molecule has 0 radical (unpaired) electrons. The maximum atomic E-state index is 2.28. The summed E-state index contributed by atoms with van der Waals surface area (Å²) in [6.07, 6.45) is 4.58. The number of hydrogen-bond acceptors (Lipinski definition) is 0. The van der Waals surface area contributed by atoms with Crippen molar-refractivity contribution in [2.75, 3.05) is 0 Å². The van der Waals surface area contributed by atoms with E-state index < -0.39 is 0 Å². The molecule has 0 aliphatic heterocycles. The van der Waals surface area contributed by atoms with Crippen molar-refractivity contribution in [2.45, 2.75) is 39.5 Å². The van der Waals surface area contributed by atoms with E-state index >= 15 is 0 Å². The third-order valence-corrected chi connectivity index (χ3v) is 3.64. The summed E-state index contributed by atoms with van der Waals surface area (Å²) in [6.45, 7) is 4.50. The van der Waals surface area contributed by atoms with Crippen LogP contribution in [0.1, 0.15) is 36.1 Å². The van der Waals surface area contributed by atoms with Gasteiger partial charge in [0.1, 0.15) is 0 Å². The molecule has 94 valence electrons. The highest BCUT2D eigenvalue weighted by molar-refractivity contribution is 5.36. The molecule has 0 bridgehead atoms. The Balaban J connectivity index is 2.17. The smallest absolute Gasteiger partial charge is 0.0233 e. The first-order valence-corrected chi connectivity index (χ1v) is 6.98. The average Bonchev–Trinajstić information content (AvgIpc) is 2.45. The summed E-state index contributed by atoms with van der Waals surface area (Å²) in [4.78, 5) is 0. The van der Waals surface area contributed by atoms with Gasteiger partial charge < -0.3 is 0 Å². The molecule has 0 heterocycles. The van der Waals surface area contributed by atoms with Crippen LogP contribution in [0.25, 0.3) is 0 Å². The largest absolute Gasteiger partial charge is 0.0622 e. The van der Waals surface area contributed by atoms with Gasteiger partial charge in [-0.25, -0.2) is 0 Å². The summed E-state index contributed by atoms with van der Waals surface area (Å²) in [5, 5.41) is 0. The Morgan fingerprint density at radius 1 is 0.667 bits per heavy atom. The molecule has 0 aliphatic rings.